The molecule has 1 aliphatic carbocycles. The van der Waals surface area contributed by atoms with Crippen molar-refractivity contribution in [1.82, 2.24) is 20.1 Å². The van der Waals surface area contributed by atoms with E-state index in [4.69, 9.17) is 0 Å². The predicted octanol–water partition coefficient (Wildman–Crippen LogP) is 4.32. The van der Waals surface area contributed by atoms with Gasteiger partial charge in [0.25, 0.3) is 0 Å². The van der Waals surface area contributed by atoms with Gasteiger partial charge >= 0.3 is 0 Å². The number of nitrogens with zero attached hydrogens (tertiary/aromatic N) is 3. The van der Waals surface area contributed by atoms with Crippen molar-refractivity contribution in [3.8, 4) is 5.69 Å². The van der Waals surface area contributed by atoms with Crippen LogP contribution in [0.5, 0.6) is 0 Å². The van der Waals surface area contributed by atoms with Crippen molar-refractivity contribution in [2.45, 2.75) is 69.5 Å². The highest BCUT2D eigenvalue weighted by Gasteiger charge is 2.31. The zero-order valence-corrected chi connectivity index (χ0v) is 16.5. The maximum atomic E-state index is 12.3. The predicted molar refractivity (Wildman–Crippen MR) is 106 cm³/mol. The van der Waals surface area contributed by atoms with E-state index in [1.165, 1.54) is 37.4 Å². The van der Waals surface area contributed by atoms with Crippen molar-refractivity contribution < 1.29 is 4.79 Å². The Kier molecular flexibility index (Phi) is 6.72. The van der Waals surface area contributed by atoms with Gasteiger partial charge in [-0.15, -0.1) is 10.2 Å². The molecule has 1 amide bonds. The Morgan fingerprint density at radius 2 is 2.04 bits per heavy atom. The number of carbonyl (C=O) groups excluding carboxylic acids is 1. The normalized spacial score (nSPS) is 15.0. The van der Waals surface area contributed by atoms with Gasteiger partial charge in [-0.2, -0.15) is 0 Å². The molecule has 1 aromatic carbocycles. The highest BCUT2D eigenvalue weighted by atomic mass is 32.2. The number of aromatic nitrogens is 3. The summed E-state index contributed by atoms with van der Waals surface area (Å²) in [4.78, 5) is 12.3. The van der Waals surface area contributed by atoms with Crippen LogP contribution in [0.25, 0.3) is 5.69 Å². The fraction of sp³-hybridized carbons (Fsp3) is 0.550. The van der Waals surface area contributed by atoms with E-state index in [0.717, 1.165) is 29.5 Å². The monoisotopic (exact) mass is 372 g/mol. The van der Waals surface area contributed by atoms with Gasteiger partial charge in [-0.1, -0.05) is 56.1 Å². The summed E-state index contributed by atoms with van der Waals surface area (Å²) in [6.45, 7) is 4.27. The molecule has 0 radical (unpaired) electrons. The van der Waals surface area contributed by atoms with Gasteiger partial charge < -0.3 is 5.32 Å². The smallest absolute Gasteiger partial charge is 0.230 e. The zero-order valence-electron chi connectivity index (χ0n) is 15.6. The van der Waals surface area contributed by atoms with Gasteiger partial charge in [0, 0.05) is 17.6 Å². The van der Waals surface area contributed by atoms with E-state index in [1.54, 1.807) is 0 Å². The van der Waals surface area contributed by atoms with E-state index in [0.29, 0.717) is 11.7 Å². The van der Waals surface area contributed by atoms with Crippen LogP contribution in [0.4, 0.5) is 0 Å². The van der Waals surface area contributed by atoms with Gasteiger partial charge in [-0.25, -0.2) is 0 Å². The first-order valence-corrected chi connectivity index (χ1v) is 10.6. The minimum atomic E-state index is 0.0644. The van der Waals surface area contributed by atoms with E-state index < -0.39 is 0 Å². The SMILES string of the molecule is CCCCCC(C)NC(=O)CSc1nnc(C2CC2)n1-c1ccccc1. The second-order valence-electron chi connectivity index (χ2n) is 7.04. The van der Waals surface area contributed by atoms with Crippen molar-refractivity contribution in [2.75, 3.05) is 5.75 Å². The summed E-state index contributed by atoms with van der Waals surface area (Å²) in [5.41, 5.74) is 1.07. The third kappa shape index (κ3) is 5.10. The number of thioether (sulfide) groups is 1. The summed E-state index contributed by atoms with van der Waals surface area (Å²) in [6, 6.07) is 10.4. The van der Waals surface area contributed by atoms with Gasteiger partial charge in [-0.3, -0.25) is 9.36 Å². The Morgan fingerprint density at radius 1 is 1.27 bits per heavy atom. The minimum absolute atomic E-state index is 0.0644. The first-order valence-electron chi connectivity index (χ1n) is 9.62. The van der Waals surface area contributed by atoms with Crippen LogP contribution >= 0.6 is 11.8 Å². The average molecular weight is 373 g/mol. The number of rotatable bonds is 10. The molecule has 0 bridgehead atoms. The van der Waals surface area contributed by atoms with Crippen LogP contribution in [0.15, 0.2) is 35.5 Å². The second kappa shape index (κ2) is 9.21. The molecule has 5 nitrogen and oxygen atoms in total. The Bertz CT molecular complexity index is 712. The van der Waals surface area contributed by atoms with Crippen LogP contribution in [-0.2, 0) is 4.79 Å². The number of benzene rings is 1. The number of carbonyl (C=O) groups is 1. The average Bonchev–Trinajstić information content (AvgIpc) is 3.40. The third-order valence-corrected chi connectivity index (χ3v) is 5.52. The molecule has 1 N–H and O–H groups in total. The molecule has 1 fully saturated rings. The van der Waals surface area contributed by atoms with E-state index in [9.17, 15) is 4.79 Å². The zero-order chi connectivity index (χ0) is 18.4. The van der Waals surface area contributed by atoms with Gasteiger partial charge in [0.1, 0.15) is 5.82 Å². The summed E-state index contributed by atoms with van der Waals surface area (Å²) in [5, 5.41) is 12.7. The van der Waals surface area contributed by atoms with E-state index in [-0.39, 0.29) is 11.9 Å². The molecule has 1 heterocycles. The van der Waals surface area contributed by atoms with Gasteiger partial charge in [-0.05, 0) is 38.3 Å². The molecule has 26 heavy (non-hydrogen) atoms. The molecule has 3 rings (SSSR count). The lowest BCUT2D eigenvalue weighted by Gasteiger charge is -2.14. The lowest BCUT2D eigenvalue weighted by atomic mass is 10.1. The lowest BCUT2D eigenvalue weighted by Crippen LogP contribution is -2.33. The second-order valence-corrected chi connectivity index (χ2v) is 7.98. The maximum absolute atomic E-state index is 12.3. The molecule has 1 unspecified atom stereocenters. The number of unbranched alkanes of at least 4 members (excludes halogenated alkanes) is 2. The first kappa shape index (κ1) is 19.0. The van der Waals surface area contributed by atoms with Crippen molar-refractivity contribution in [3.63, 3.8) is 0 Å². The van der Waals surface area contributed by atoms with Crippen molar-refractivity contribution in [1.29, 1.82) is 0 Å². The quantitative estimate of drug-likeness (QED) is 0.498. The van der Waals surface area contributed by atoms with Crippen LogP contribution in [0.3, 0.4) is 0 Å². The minimum Gasteiger partial charge on any atom is -0.353 e. The molecule has 6 heteroatoms. The molecule has 1 aromatic heterocycles. The summed E-state index contributed by atoms with van der Waals surface area (Å²) < 4.78 is 2.11. The van der Waals surface area contributed by atoms with Crippen LogP contribution in [0, 0.1) is 0 Å². The van der Waals surface area contributed by atoms with Gasteiger partial charge in [0.15, 0.2) is 5.16 Å². The topological polar surface area (TPSA) is 59.8 Å². The molecular formula is C20H28N4OS. The fourth-order valence-corrected chi connectivity index (χ4v) is 3.79. The van der Waals surface area contributed by atoms with Crippen molar-refractivity contribution in [2.24, 2.45) is 0 Å². The van der Waals surface area contributed by atoms with E-state index in [2.05, 4.69) is 46.1 Å². The van der Waals surface area contributed by atoms with Crippen LogP contribution in [0.2, 0.25) is 0 Å². The summed E-state index contributed by atoms with van der Waals surface area (Å²) in [6.07, 6.45) is 6.97. The van der Waals surface area contributed by atoms with E-state index >= 15 is 0 Å². The van der Waals surface area contributed by atoms with Crippen molar-refractivity contribution >= 4 is 17.7 Å². The molecule has 2 aromatic rings. The Hall–Kier alpha value is -1.82. The number of nitrogens with one attached hydrogen (secondary N) is 1. The highest BCUT2D eigenvalue weighted by Crippen LogP contribution is 2.41. The van der Waals surface area contributed by atoms with Crippen LogP contribution in [-0.4, -0.2) is 32.5 Å². The number of hydrogen-bond donors (Lipinski definition) is 1. The summed E-state index contributed by atoms with van der Waals surface area (Å²) in [5.74, 6) is 1.96. The Labute approximate surface area is 160 Å². The molecule has 1 atom stereocenters. The first-order chi connectivity index (χ1) is 12.7. The van der Waals surface area contributed by atoms with Gasteiger partial charge in [0.05, 0.1) is 5.75 Å². The van der Waals surface area contributed by atoms with Crippen LogP contribution < -0.4 is 5.32 Å². The third-order valence-electron chi connectivity index (χ3n) is 4.60. The molecule has 140 valence electrons. The maximum Gasteiger partial charge on any atom is 0.230 e. The fourth-order valence-electron chi connectivity index (χ4n) is 3.02. The standard InChI is InChI=1S/C20H28N4OS/c1-3-4-6-9-15(2)21-18(25)14-26-20-23-22-19(16-12-13-16)24(20)17-10-7-5-8-11-17/h5,7-8,10-11,15-16H,3-4,6,9,12-14H2,1-2H3,(H,21,25). The Balaban J connectivity index is 1.61. The Morgan fingerprint density at radius 3 is 2.73 bits per heavy atom. The summed E-state index contributed by atoms with van der Waals surface area (Å²) >= 11 is 1.46. The van der Waals surface area contributed by atoms with Crippen molar-refractivity contribution in [3.05, 3.63) is 36.2 Å². The molecule has 1 saturated carbocycles. The van der Waals surface area contributed by atoms with Gasteiger partial charge in [0.2, 0.25) is 5.91 Å². The lowest BCUT2D eigenvalue weighted by molar-refractivity contribution is -0.119. The number of hydrogen-bond acceptors (Lipinski definition) is 4. The largest absolute Gasteiger partial charge is 0.353 e. The molecule has 1 aliphatic rings. The molecule has 0 aliphatic heterocycles. The van der Waals surface area contributed by atoms with E-state index in [1.807, 2.05) is 18.2 Å². The number of amides is 1. The molecule has 0 spiro atoms. The highest BCUT2D eigenvalue weighted by molar-refractivity contribution is 7.99. The molecular weight excluding hydrogens is 344 g/mol. The van der Waals surface area contributed by atoms with Crippen LogP contribution in [0.1, 0.15) is 64.1 Å². The number of para-hydroxylation sites is 1. The molecule has 0 saturated heterocycles. The summed E-state index contributed by atoms with van der Waals surface area (Å²) in [7, 11) is 0.